The van der Waals surface area contributed by atoms with E-state index in [4.69, 9.17) is 0 Å². The molecule has 0 N–H and O–H groups in total. The molecule has 0 aliphatic rings. The van der Waals surface area contributed by atoms with Crippen LogP contribution in [0.15, 0.2) is 34.1 Å². The Kier molecular flexibility index (Phi) is 5.05. The average molecular weight is 352 g/mol. The van der Waals surface area contributed by atoms with Crippen molar-refractivity contribution < 1.29 is 13.3 Å². The maximum atomic E-state index is 12.9. The van der Waals surface area contributed by atoms with Gasteiger partial charge in [-0.05, 0) is 40.1 Å². The molecule has 0 spiro atoms. The molecule has 2 rings (SSSR count). The molecule has 0 aliphatic carbocycles. The zero-order valence-electron chi connectivity index (χ0n) is 14.1. The van der Waals surface area contributed by atoms with Gasteiger partial charge in [0.1, 0.15) is 4.90 Å². The average Bonchev–Trinajstić information content (AvgIpc) is 2.79. The van der Waals surface area contributed by atoms with Crippen molar-refractivity contribution in [2.75, 3.05) is 20.6 Å². The third kappa shape index (κ3) is 3.46. The Balaban J connectivity index is 2.44. The fourth-order valence-corrected chi connectivity index (χ4v) is 4.10. The number of non-ortho nitro benzene ring substituents is 1. The monoisotopic (exact) mass is 352 g/mol. The molecule has 0 radical (unpaired) electrons. The first kappa shape index (κ1) is 18.1. The van der Waals surface area contributed by atoms with E-state index in [9.17, 15) is 18.5 Å². The summed E-state index contributed by atoms with van der Waals surface area (Å²) in [4.78, 5) is 12.3. The summed E-state index contributed by atoms with van der Waals surface area (Å²) in [6, 6.07) is 4.88. The van der Waals surface area contributed by atoms with Crippen LogP contribution in [0.4, 0.5) is 5.69 Å². The summed E-state index contributed by atoms with van der Waals surface area (Å²) in [6.07, 6.45) is 0. The van der Waals surface area contributed by atoms with E-state index < -0.39 is 14.8 Å². The largest absolute Gasteiger partial charge is 0.308 e. The van der Waals surface area contributed by atoms with Crippen molar-refractivity contribution in [2.45, 2.75) is 30.2 Å². The topological polar surface area (TPSA) is 98.3 Å². The molecule has 9 heteroatoms. The van der Waals surface area contributed by atoms with E-state index in [0.29, 0.717) is 17.9 Å². The number of likely N-dealkylation sites (N-methyl/N-ethyl adjacent to an activating group) is 1. The number of aromatic nitrogens is 2. The Morgan fingerprint density at radius 3 is 2.29 bits per heavy atom. The van der Waals surface area contributed by atoms with Crippen LogP contribution in [0.25, 0.3) is 0 Å². The first-order valence-corrected chi connectivity index (χ1v) is 8.81. The summed E-state index contributed by atoms with van der Waals surface area (Å²) in [5.41, 5.74) is 0.835. The number of rotatable bonds is 6. The number of nitrogens with zero attached hydrogens (tertiary/aromatic N) is 4. The first-order chi connectivity index (χ1) is 11.1. The predicted octanol–water partition coefficient (Wildman–Crippen LogP) is 1.80. The van der Waals surface area contributed by atoms with Crippen molar-refractivity contribution in [2.24, 2.45) is 0 Å². The molecule has 2 aromatic rings. The van der Waals surface area contributed by atoms with E-state index in [1.54, 1.807) is 18.5 Å². The minimum Gasteiger partial charge on any atom is -0.308 e. The highest BCUT2D eigenvalue weighted by Gasteiger charge is 2.27. The smallest absolute Gasteiger partial charge is 0.269 e. The lowest BCUT2D eigenvalue weighted by molar-refractivity contribution is -0.384. The number of aryl methyl sites for hydroxylation is 1. The van der Waals surface area contributed by atoms with Gasteiger partial charge in [0.2, 0.25) is 9.84 Å². The van der Waals surface area contributed by atoms with E-state index >= 15 is 0 Å². The summed E-state index contributed by atoms with van der Waals surface area (Å²) in [7, 11) is 0.0815. The number of nitro groups is 1. The van der Waals surface area contributed by atoms with Gasteiger partial charge < -0.3 is 4.90 Å². The minimum atomic E-state index is -3.78. The first-order valence-electron chi connectivity index (χ1n) is 7.33. The fraction of sp³-hybridized carbons (Fsp3) is 0.400. The minimum absolute atomic E-state index is 0.0199. The van der Waals surface area contributed by atoms with Gasteiger partial charge >= 0.3 is 0 Å². The van der Waals surface area contributed by atoms with Gasteiger partial charge in [-0.2, -0.15) is 5.10 Å². The van der Waals surface area contributed by atoms with Crippen LogP contribution in [0, 0.1) is 24.0 Å². The number of hydrogen-bond donors (Lipinski definition) is 0. The van der Waals surface area contributed by atoms with E-state index in [0.717, 1.165) is 6.54 Å². The van der Waals surface area contributed by atoms with Crippen molar-refractivity contribution >= 4 is 15.5 Å². The number of nitro benzene ring substituents is 1. The van der Waals surface area contributed by atoms with Gasteiger partial charge in [-0.25, -0.2) is 8.42 Å². The maximum absolute atomic E-state index is 12.9. The molecule has 1 aromatic carbocycles. The molecule has 24 heavy (non-hydrogen) atoms. The Morgan fingerprint density at radius 1 is 1.21 bits per heavy atom. The summed E-state index contributed by atoms with van der Waals surface area (Å²) in [6.45, 7) is 4.68. The van der Waals surface area contributed by atoms with Gasteiger partial charge in [-0.15, -0.1) is 0 Å². The lowest BCUT2D eigenvalue weighted by atomic mass is 10.3. The Morgan fingerprint density at radius 2 is 1.79 bits per heavy atom. The molecule has 0 fully saturated rings. The van der Waals surface area contributed by atoms with Crippen LogP contribution in [0.3, 0.4) is 0 Å². The lowest BCUT2D eigenvalue weighted by Crippen LogP contribution is -2.19. The van der Waals surface area contributed by atoms with Crippen LogP contribution in [0.1, 0.15) is 11.4 Å². The standard InChI is InChI=1S/C15H20N4O4S/c1-11-15(12(2)18(16-11)10-9-17(3)4)24(22,23)14-7-5-13(6-8-14)19(20)21/h5-8H,9-10H2,1-4H3. The van der Waals surface area contributed by atoms with Crippen LogP contribution >= 0.6 is 0 Å². The Hall–Kier alpha value is -2.26. The van der Waals surface area contributed by atoms with Crippen LogP contribution in [0.5, 0.6) is 0 Å². The lowest BCUT2D eigenvalue weighted by Gasteiger charge is -2.11. The van der Waals surface area contributed by atoms with Crippen LogP contribution < -0.4 is 0 Å². The van der Waals surface area contributed by atoms with Crippen molar-refractivity contribution in [1.82, 2.24) is 14.7 Å². The molecule has 8 nitrogen and oxygen atoms in total. The molecule has 0 saturated heterocycles. The molecule has 130 valence electrons. The van der Waals surface area contributed by atoms with Gasteiger partial charge in [0, 0.05) is 18.7 Å². The molecular weight excluding hydrogens is 332 g/mol. The van der Waals surface area contributed by atoms with Crippen molar-refractivity contribution in [1.29, 1.82) is 0 Å². The van der Waals surface area contributed by atoms with Gasteiger partial charge in [-0.1, -0.05) is 0 Å². The normalized spacial score (nSPS) is 11.9. The Labute approximate surface area is 140 Å². The van der Waals surface area contributed by atoms with E-state index in [1.165, 1.54) is 24.3 Å². The van der Waals surface area contributed by atoms with Gasteiger partial charge in [-0.3, -0.25) is 14.8 Å². The van der Waals surface area contributed by atoms with Crippen LogP contribution in [-0.2, 0) is 16.4 Å². The van der Waals surface area contributed by atoms with Crippen molar-refractivity contribution in [3.8, 4) is 0 Å². The SMILES string of the molecule is Cc1nn(CCN(C)C)c(C)c1S(=O)(=O)c1ccc([N+](=O)[O-])cc1. The molecule has 1 heterocycles. The van der Waals surface area contributed by atoms with E-state index in [2.05, 4.69) is 5.10 Å². The molecule has 0 amide bonds. The Bertz CT molecular complexity index is 854. The van der Waals surface area contributed by atoms with E-state index in [-0.39, 0.29) is 15.5 Å². The van der Waals surface area contributed by atoms with Crippen LogP contribution in [0.2, 0.25) is 0 Å². The quantitative estimate of drug-likeness (QED) is 0.581. The van der Waals surface area contributed by atoms with E-state index in [1.807, 2.05) is 19.0 Å². The molecule has 0 bridgehead atoms. The zero-order valence-corrected chi connectivity index (χ0v) is 14.9. The van der Waals surface area contributed by atoms with Gasteiger partial charge in [0.25, 0.3) is 5.69 Å². The van der Waals surface area contributed by atoms with Crippen LogP contribution in [-0.4, -0.2) is 48.7 Å². The second-order valence-corrected chi connectivity index (χ2v) is 7.67. The molecule has 1 aromatic heterocycles. The van der Waals surface area contributed by atoms with Gasteiger partial charge in [0.15, 0.2) is 0 Å². The fourth-order valence-electron chi connectivity index (χ4n) is 2.45. The maximum Gasteiger partial charge on any atom is 0.269 e. The number of benzene rings is 1. The van der Waals surface area contributed by atoms with Gasteiger partial charge in [0.05, 0.1) is 27.8 Å². The number of hydrogen-bond acceptors (Lipinski definition) is 6. The highest BCUT2D eigenvalue weighted by molar-refractivity contribution is 7.91. The molecule has 0 unspecified atom stereocenters. The number of sulfone groups is 1. The summed E-state index contributed by atoms with van der Waals surface area (Å²) >= 11 is 0. The molecule has 0 saturated carbocycles. The van der Waals surface area contributed by atoms with Crippen molar-refractivity contribution in [3.05, 3.63) is 45.8 Å². The predicted molar refractivity (Wildman–Crippen MR) is 88.8 cm³/mol. The second-order valence-electron chi connectivity index (χ2n) is 5.78. The third-order valence-electron chi connectivity index (χ3n) is 3.70. The third-order valence-corrected chi connectivity index (χ3v) is 5.72. The molecule has 0 aliphatic heterocycles. The highest BCUT2D eigenvalue weighted by Crippen LogP contribution is 2.28. The summed E-state index contributed by atoms with van der Waals surface area (Å²) < 4.78 is 27.4. The molecule has 0 atom stereocenters. The van der Waals surface area contributed by atoms with Crippen molar-refractivity contribution in [3.63, 3.8) is 0 Å². The zero-order chi connectivity index (χ0) is 18.1. The highest BCUT2D eigenvalue weighted by atomic mass is 32.2. The summed E-state index contributed by atoms with van der Waals surface area (Å²) in [5.74, 6) is 0. The molecular formula is C15H20N4O4S. The second kappa shape index (κ2) is 6.70. The summed E-state index contributed by atoms with van der Waals surface area (Å²) in [5, 5.41) is 15.0.